The number of thiophene rings is 1. The zero-order valence-electron chi connectivity index (χ0n) is 14.4. The first kappa shape index (κ1) is 17.8. The summed E-state index contributed by atoms with van der Waals surface area (Å²) in [5.74, 6) is 0.000891. The summed E-state index contributed by atoms with van der Waals surface area (Å²) in [6, 6.07) is 1.85. The highest BCUT2D eigenvalue weighted by Crippen LogP contribution is 2.21. The Bertz CT molecular complexity index is 537. The van der Waals surface area contributed by atoms with Gasteiger partial charge in [0, 0.05) is 25.5 Å². The van der Waals surface area contributed by atoms with Crippen molar-refractivity contribution in [2.24, 2.45) is 0 Å². The largest absolute Gasteiger partial charge is 0.444 e. The molecule has 1 aliphatic rings. The number of carbonyl (C=O) groups is 2. The van der Waals surface area contributed by atoms with Crippen molar-refractivity contribution in [3.63, 3.8) is 0 Å². The van der Waals surface area contributed by atoms with Crippen molar-refractivity contribution in [2.75, 3.05) is 20.1 Å². The van der Waals surface area contributed by atoms with Gasteiger partial charge in [-0.05, 0) is 51.5 Å². The van der Waals surface area contributed by atoms with Gasteiger partial charge in [-0.1, -0.05) is 0 Å². The Balaban J connectivity index is 2.00. The van der Waals surface area contributed by atoms with E-state index in [1.807, 2.05) is 37.6 Å². The van der Waals surface area contributed by atoms with Crippen LogP contribution < -0.4 is 0 Å². The second-order valence-electron chi connectivity index (χ2n) is 7.02. The Morgan fingerprint density at radius 2 is 2.13 bits per heavy atom. The molecule has 0 bridgehead atoms. The van der Waals surface area contributed by atoms with Crippen LogP contribution in [0, 0.1) is 0 Å². The van der Waals surface area contributed by atoms with E-state index in [1.165, 1.54) is 11.3 Å². The van der Waals surface area contributed by atoms with Crippen molar-refractivity contribution in [1.82, 2.24) is 9.80 Å². The lowest BCUT2D eigenvalue weighted by Crippen LogP contribution is -2.51. The van der Waals surface area contributed by atoms with Crippen molar-refractivity contribution >= 4 is 23.3 Å². The predicted molar refractivity (Wildman–Crippen MR) is 91.9 cm³/mol. The average Bonchev–Trinajstić information content (AvgIpc) is 2.99. The Hall–Kier alpha value is -1.56. The van der Waals surface area contributed by atoms with E-state index in [-0.39, 0.29) is 18.0 Å². The molecule has 0 radical (unpaired) electrons. The molecule has 2 amide bonds. The maximum Gasteiger partial charge on any atom is 0.410 e. The van der Waals surface area contributed by atoms with Crippen molar-refractivity contribution < 1.29 is 14.3 Å². The molecule has 6 heteroatoms. The fourth-order valence-electron chi connectivity index (χ4n) is 2.76. The van der Waals surface area contributed by atoms with Gasteiger partial charge in [0.05, 0.1) is 11.6 Å². The van der Waals surface area contributed by atoms with Crippen molar-refractivity contribution in [3.05, 3.63) is 22.4 Å². The van der Waals surface area contributed by atoms with Crippen LogP contribution >= 0.6 is 11.3 Å². The highest BCUT2D eigenvalue weighted by atomic mass is 32.1. The van der Waals surface area contributed by atoms with Crippen LogP contribution in [-0.2, 0) is 4.74 Å². The molecule has 2 rings (SSSR count). The molecular formula is C17H26N2O3S. The number of amides is 2. The molecule has 0 N–H and O–H groups in total. The zero-order chi connectivity index (χ0) is 17.0. The quantitative estimate of drug-likeness (QED) is 0.846. The van der Waals surface area contributed by atoms with Crippen LogP contribution in [0.1, 0.15) is 50.4 Å². The molecule has 0 aromatic carbocycles. The molecule has 128 valence electrons. The minimum atomic E-state index is -0.503. The highest BCUT2D eigenvalue weighted by molar-refractivity contribution is 7.08. The summed E-state index contributed by atoms with van der Waals surface area (Å²) in [5.41, 5.74) is 0.203. The first-order valence-electron chi connectivity index (χ1n) is 8.05. The molecule has 1 aromatic rings. The normalized spacial score (nSPS) is 18.6. The molecule has 1 atom stereocenters. The smallest absolute Gasteiger partial charge is 0.410 e. The molecule has 2 heterocycles. The van der Waals surface area contributed by atoms with E-state index in [1.54, 1.807) is 16.8 Å². The summed E-state index contributed by atoms with van der Waals surface area (Å²) in [5, 5.41) is 3.75. The SMILES string of the molecule is CN(C[C@@H]1CCCCN1C(=O)OC(C)(C)C)C(=O)c1ccsc1. The standard InChI is InChI=1S/C17H26N2O3S/c1-17(2,3)22-16(21)19-9-6-5-7-14(19)11-18(4)15(20)13-8-10-23-12-13/h8,10,12,14H,5-7,9,11H2,1-4H3/t14-/m0/s1. The van der Waals surface area contributed by atoms with Gasteiger partial charge in [0.2, 0.25) is 0 Å². The first-order chi connectivity index (χ1) is 10.8. The van der Waals surface area contributed by atoms with Crippen LogP contribution in [0.25, 0.3) is 0 Å². The molecule has 1 saturated heterocycles. The van der Waals surface area contributed by atoms with Gasteiger partial charge in [-0.15, -0.1) is 0 Å². The van der Waals surface area contributed by atoms with Gasteiger partial charge >= 0.3 is 6.09 Å². The average molecular weight is 338 g/mol. The second-order valence-corrected chi connectivity index (χ2v) is 7.80. The molecule has 0 saturated carbocycles. The number of rotatable bonds is 3. The molecular weight excluding hydrogens is 312 g/mol. The van der Waals surface area contributed by atoms with Gasteiger partial charge in [0.25, 0.3) is 5.91 Å². The van der Waals surface area contributed by atoms with Gasteiger partial charge < -0.3 is 14.5 Å². The third-order valence-electron chi connectivity index (χ3n) is 3.85. The van der Waals surface area contributed by atoms with Crippen LogP contribution in [-0.4, -0.2) is 53.6 Å². The maximum absolute atomic E-state index is 12.4. The summed E-state index contributed by atoms with van der Waals surface area (Å²) in [4.78, 5) is 28.3. The number of carbonyl (C=O) groups excluding carboxylic acids is 2. The Kier molecular flexibility index (Phi) is 5.68. The van der Waals surface area contributed by atoms with Gasteiger partial charge in [-0.25, -0.2) is 4.79 Å². The summed E-state index contributed by atoms with van der Waals surface area (Å²) in [7, 11) is 1.79. The summed E-state index contributed by atoms with van der Waals surface area (Å²) >= 11 is 1.51. The predicted octanol–water partition coefficient (Wildman–Crippen LogP) is 3.61. The molecule has 0 unspecified atom stereocenters. The van der Waals surface area contributed by atoms with E-state index in [4.69, 9.17) is 4.74 Å². The third-order valence-corrected chi connectivity index (χ3v) is 4.54. The number of hydrogen-bond acceptors (Lipinski definition) is 4. The van der Waals surface area contributed by atoms with Crippen LogP contribution in [0.5, 0.6) is 0 Å². The van der Waals surface area contributed by atoms with Crippen LogP contribution in [0.3, 0.4) is 0 Å². The minimum Gasteiger partial charge on any atom is -0.444 e. The van der Waals surface area contributed by atoms with Gasteiger partial charge in [0.1, 0.15) is 5.60 Å². The Morgan fingerprint density at radius 1 is 1.39 bits per heavy atom. The van der Waals surface area contributed by atoms with E-state index < -0.39 is 5.60 Å². The molecule has 1 aromatic heterocycles. The molecule has 5 nitrogen and oxygen atoms in total. The van der Waals surface area contributed by atoms with Gasteiger partial charge in [-0.3, -0.25) is 4.79 Å². The molecule has 1 fully saturated rings. The van der Waals surface area contributed by atoms with Crippen LogP contribution in [0.15, 0.2) is 16.8 Å². The topological polar surface area (TPSA) is 49.9 Å². The summed E-state index contributed by atoms with van der Waals surface area (Å²) < 4.78 is 5.51. The Labute approximate surface area is 142 Å². The number of ether oxygens (including phenoxy) is 1. The monoisotopic (exact) mass is 338 g/mol. The third kappa shape index (κ3) is 4.96. The lowest BCUT2D eigenvalue weighted by molar-refractivity contribution is 0.00605. The van der Waals surface area contributed by atoms with E-state index in [0.717, 1.165) is 19.3 Å². The van der Waals surface area contributed by atoms with E-state index in [0.29, 0.717) is 18.7 Å². The van der Waals surface area contributed by atoms with Crippen molar-refractivity contribution in [3.8, 4) is 0 Å². The highest BCUT2D eigenvalue weighted by Gasteiger charge is 2.31. The molecule has 23 heavy (non-hydrogen) atoms. The van der Waals surface area contributed by atoms with E-state index in [2.05, 4.69) is 0 Å². The second kappa shape index (κ2) is 7.34. The van der Waals surface area contributed by atoms with Crippen LogP contribution in [0.2, 0.25) is 0 Å². The molecule has 0 spiro atoms. The molecule has 0 aliphatic carbocycles. The minimum absolute atomic E-state index is 0.000891. The fourth-order valence-corrected chi connectivity index (χ4v) is 3.39. The summed E-state index contributed by atoms with van der Waals surface area (Å²) in [6.07, 6.45) is 2.68. The van der Waals surface area contributed by atoms with E-state index >= 15 is 0 Å². The Morgan fingerprint density at radius 3 is 2.74 bits per heavy atom. The lowest BCUT2D eigenvalue weighted by atomic mass is 10.0. The number of hydrogen-bond donors (Lipinski definition) is 0. The number of likely N-dealkylation sites (N-methyl/N-ethyl adjacent to an activating group) is 1. The maximum atomic E-state index is 12.4. The molecule has 1 aliphatic heterocycles. The van der Waals surface area contributed by atoms with Crippen molar-refractivity contribution in [2.45, 2.75) is 51.7 Å². The number of likely N-dealkylation sites (tertiary alicyclic amines) is 1. The fraction of sp³-hybridized carbons (Fsp3) is 0.647. The summed E-state index contributed by atoms with van der Waals surface area (Å²) in [6.45, 7) is 6.84. The number of nitrogens with zero attached hydrogens (tertiary/aromatic N) is 2. The lowest BCUT2D eigenvalue weighted by Gasteiger charge is -2.38. The van der Waals surface area contributed by atoms with E-state index in [9.17, 15) is 9.59 Å². The number of piperidine rings is 1. The zero-order valence-corrected chi connectivity index (χ0v) is 15.2. The van der Waals surface area contributed by atoms with Crippen LogP contribution in [0.4, 0.5) is 4.79 Å². The van der Waals surface area contributed by atoms with Gasteiger partial charge in [0.15, 0.2) is 0 Å². The van der Waals surface area contributed by atoms with Gasteiger partial charge in [-0.2, -0.15) is 11.3 Å². The van der Waals surface area contributed by atoms with Crippen molar-refractivity contribution in [1.29, 1.82) is 0 Å². The first-order valence-corrected chi connectivity index (χ1v) is 8.99.